The molecule has 0 bridgehead atoms. The number of nitrogens with zero attached hydrogens (tertiary/aromatic N) is 1. The van der Waals surface area contributed by atoms with Gasteiger partial charge in [-0.1, -0.05) is 6.07 Å². The Bertz CT molecular complexity index is 451. The first-order valence-corrected chi connectivity index (χ1v) is 7.44. The summed E-state index contributed by atoms with van der Waals surface area (Å²) in [6.45, 7) is 2.15. The highest BCUT2D eigenvalue weighted by Crippen LogP contribution is 2.26. The first-order valence-electron chi connectivity index (χ1n) is 6.15. The van der Waals surface area contributed by atoms with Crippen LogP contribution in [-0.4, -0.2) is 22.6 Å². The van der Waals surface area contributed by atoms with Crippen molar-refractivity contribution in [2.45, 2.75) is 37.6 Å². The van der Waals surface area contributed by atoms with Gasteiger partial charge in [-0.2, -0.15) is 0 Å². The maximum absolute atomic E-state index is 10.8. The van der Waals surface area contributed by atoms with E-state index < -0.39 is 0 Å². The lowest BCUT2D eigenvalue weighted by Gasteiger charge is -2.27. The third-order valence-corrected chi connectivity index (χ3v) is 4.30. The normalized spacial score (nSPS) is 20.2. The van der Waals surface area contributed by atoms with Gasteiger partial charge in [-0.15, -0.1) is 11.8 Å². The molecule has 1 aliphatic carbocycles. The number of nitro benzene ring substituents is 1. The van der Waals surface area contributed by atoms with Crippen LogP contribution in [0.25, 0.3) is 0 Å². The molecular weight excluding hydrogens is 248 g/mol. The third-order valence-electron chi connectivity index (χ3n) is 3.45. The second kappa shape index (κ2) is 5.71. The first kappa shape index (κ1) is 13.4. The van der Waals surface area contributed by atoms with Gasteiger partial charge in [0.15, 0.2) is 0 Å². The van der Waals surface area contributed by atoms with Crippen LogP contribution in [0.3, 0.4) is 0 Å². The lowest BCUT2D eigenvalue weighted by molar-refractivity contribution is -0.384. The van der Waals surface area contributed by atoms with Crippen LogP contribution in [0.15, 0.2) is 18.2 Å². The monoisotopic (exact) mass is 266 g/mol. The van der Waals surface area contributed by atoms with Crippen molar-refractivity contribution in [3.05, 3.63) is 39.4 Å². The molecule has 0 fully saturated rings. The number of aryl methyl sites for hydroxylation is 1. The maximum Gasteiger partial charge on any atom is 0.269 e. The van der Waals surface area contributed by atoms with Gasteiger partial charge in [0, 0.05) is 18.2 Å². The van der Waals surface area contributed by atoms with E-state index in [1.165, 1.54) is 5.56 Å². The molecule has 18 heavy (non-hydrogen) atoms. The second-order valence-electron chi connectivity index (χ2n) is 4.69. The lowest BCUT2D eigenvalue weighted by Crippen LogP contribution is -2.38. The summed E-state index contributed by atoms with van der Waals surface area (Å²) in [5.41, 5.74) is 2.59. The fourth-order valence-corrected chi connectivity index (χ4v) is 2.73. The number of nitro groups is 1. The quantitative estimate of drug-likeness (QED) is 0.517. The van der Waals surface area contributed by atoms with E-state index in [0.29, 0.717) is 11.4 Å². The number of thioether (sulfide) groups is 1. The number of benzene rings is 1. The number of fused-ring (bicyclic) bond motifs is 1. The van der Waals surface area contributed by atoms with Crippen molar-refractivity contribution in [3.8, 4) is 0 Å². The Morgan fingerprint density at radius 2 is 2.28 bits per heavy atom. The predicted octanol–water partition coefficient (Wildman–Crippen LogP) is 2.75. The van der Waals surface area contributed by atoms with Gasteiger partial charge in [0.25, 0.3) is 5.69 Å². The molecule has 0 amide bonds. The van der Waals surface area contributed by atoms with E-state index in [1.54, 1.807) is 23.9 Å². The summed E-state index contributed by atoms with van der Waals surface area (Å²) in [6.07, 6.45) is 5.09. The summed E-state index contributed by atoms with van der Waals surface area (Å²) in [7, 11) is 0. The van der Waals surface area contributed by atoms with Crippen molar-refractivity contribution in [2.24, 2.45) is 0 Å². The summed E-state index contributed by atoms with van der Waals surface area (Å²) < 4.78 is 0. The summed E-state index contributed by atoms with van der Waals surface area (Å²) in [4.78, 5) is 10.5. The van der Waals surface area contributed by atoms with E-state index >= 15 is 0 Å². The van der Waals surface area contributed by atoms with Gasteiger partial charge in [0.05, 0.1) is 10.3 Å². The molecule has 2 unspecified atom stereocenters. The van der Waals surface area contributed by atoms with Crippen LogP contribution in [0.5, 0.6) is 0 Å². The minimum absolute atomic E-state index is 0.201. The van der Waals surface area contributed by atoms with Crippen LogP contribution in [-0.2, 0) is 12.8 Å². The van der Waals surface area contributed by atoms with Gasteiger partial charge < -0.3 is 5.32 Å². The average Bonchev–Trinajstić information content (AvgIpc) is 2.37. The largest absolute Gasteiger partial charge is 0.302 e. The molecule has 2 rings (SSSR count). The zero-order chi connectivity index (χ0) is 13.1. The molecule has 0 aromatic heterocycles. The van der Waals surface area contributed by atoms with Crippen molar-refractivity contribution in [1.82, 2.24) is 5.32 Å². The lowest BCUT2D eigenvalue weighted by atomic mass is 9.88. The molecule has 0 saturated carbocycles. The number of nitrogens with one attached hydrogen (secondary N) is 1. The van der Waals surface area contributed by atoms with Crippen molar-refractivity contribution in [2.75, 3.05) is 6.26 Å². The van der Waals surface area contributed by atoms with E-state index in [1.807, 2.05) is 6.07 Å². The van der Waals surface area contributed by atoms with E-state index in [-0.39, 0.29) is 10.6 Å². The van der Waals surface area contributed by atoms with Gasteiger partial charge in [-0.3, -0.25) is 10.1 Å². The molecule has 0 saturated heterocycles. The molecule has 0 radical (unpaired) electrons. The van der Waals surface area contributed by atoms with E-state index in [0.717, 1.165) is 24.8 Å². The summed E-state index contributed by atoms with van der Waals surface area (Å²) in [5.74, 6) is 0. The summed E-state index contributed by atoms with van der Waals surface area (Å²) in [5, 5.41) is 14.8. The molecule has 5 heteroatoms. The molecule has 1 aliphatic rings. The minimum atomic E-state index is -0.318. The fraction of sp³-hybridized carbons (Fsp3) is 0.538. The SMILES string of the molecule is CSC(C)NC1CCc2ccc([N+](=O)[O-])cc2C1. The predicted molar refractivity (Wildman–Crippen MR) is 75.0 cm³/mol. The molecule has 98 valence electrons. The Hall–Kier alpha value is -1.07. The Kier molecular flexibility index (Phi) is 4.24. The Morgan fingerprint density at radius 3 is 2.94 bits per heavy atom. The van der Waals surface area contributed by atoms with Crippen LogP contribution >= 0.6 is 11.8 Å². The Morgan fingerprint density at radius 1 is 1.50 bits per heavy atom. The molecule has 4 nitrogen and oxygen atoms in total. The molecule has 1 aromatic carbocycles. The van der Waals surface area contributed by atoms with Crippen LogP contribution in [0.2, 0.25) is 0 Å². The maximum atomic E-state index is 10.8. The van der Waals surface area contributed by atoms with Gasteiger partial charge in [0.2, 0.25) is 0 Å². The minimum Gasteiger partial charge on any atom is -0.302 e. The Balaban J connectivity index is 2.12. The highest BCUT2D eigenvalue weighted by Gasteiger charge is 2.21. The average molecular weight is 266 g/mol. The van der Waals surface area contributed by atoms with Crippen LogP contribution in [0.4, 0.5) is 5.69 Å². The topological polar surface area (TPSA) is 55.2 Å². The standard InChI is InChI=1S/C13H18N2O2S/c1-9(18-2)14-12-5-3-10-4-6-13(15(16)17)8-11(10)7-12/h4,6,8-9,12,14H,3,5,7H2,1-2H3. The van der Waals surface area contributed by atoms with E-state index in [2.05, 4.69) is 18.5 Å². The number of hydrogen-bond acceptors (Lipinski definition) is 4. The summed E-state index contributed by atoms with van der Waals surface area (Å²) >= 11 is 1.79. The van der Waals surface area contributed by atoms with Gasteiger partial charge >= 0.3 is 0 Å². The van der Waals surface area contributed by atoms with Gasteiger partial charge in [0.1, 0.15) is 0 Å². The number of hydrogen-bond donors (Lipinski definition) is 1. The first-order chi connectivity index (χ1) is 8.60. The Labute approximate surface area is 111 Å². The molecule has 0 heterocycles. The van der Waals surface area contributed by atoms with Crippen molar-refractivity contribution < 1.29 is 4.92 Å². The summed E-state index contributed by atoms with van der Waals surface area (Å²) in [6, 6.07) is 5.67. The van der Waals surface area contributed by atoms with E-state index in [4.69, 9.17) is 0 Å². The molecular formula is C13H18N2O2S. The highest BCUT2D eigenvalue weighted by atomic mass is 32.2. The van der Waals surface area contributed by atoms with E-state index in [9.17, 15) is 10.1 Å². The van der Waals surface area contributed by atoms with Gasteiger partial charge in [-0.05, 0) is 43.6 Å². The van der Waals surface area contributed by atoms with Gasteiger partial charge in [-0.25, -0.2) is 0 Å². The van der Waals surface area contributed by atoms with Crippen molar-refractivity contribution in [1.29, 1.82) is 0 Å². The number of rotatable bonds is 4. The third kappa shape index (κ3) is 3.03. The molecule has 1 N–H and O–H groups in total. The molecule has 0 spiro atoms. The zero-order valence-electron chi connectivity index (χ0n) is 10.7. The zero-order valence-corrected chi connectivity index (χ0v) is 11.5. The molecule has 0 aliphatic heterocycles. The van der Waals surface area contributed by atoms with Crippen molar-refractivity contribution in [3.63, 3.8) is 0 Å². The van der Waals surface area contributed by atoms with Crippen LogP contribution in [0.1, 0.15) is 24.5 Å². The van der Waals surface area contributed by atoms with Crippen LogP contribution in [0, 0.1) is 10.1 Å². The molecule has 2 atom stereocenters. The second-order valence-corrected chi connectivity index (χ2v) is 5.87. The van der Waals surface area contributed by atoms with Crippen molar-refractivity contribution >= 4 is 17.4 Å². The highest BCUT2D eigenvalue weighted by molar-refractivity contribution is 7.99. The number of non-ortho nitro benzene ring substituents is 1. The smallest absolute Gasteiger partial charge is 0.269 e. The molecule has 1 aromatic rings. The van der Waals surface area contributed by atoms with Crippen LogP contribution < -0.4 is 5.32 Å². The fourth-order valence-electron chi connectivity index (χ4n) is 2.40.